The van der Waals surface area contributed by atoms with E-state index < -0.39 is 0 Å². The van der Waals surface area contributed by atoms with Crippen molar-refractivity contribution in [2.75, 3.05) is 32.8 Å². The van der Waals surface area contributed by atoms with E-state index in [4.69, 9.17) is 14.9 Å². The maximum Gasteiger partial charge on any atom is 0.254 e. The predicted molar refractivity (Wildman–Crippen MR) is 89.9 cm³/mol. The minimum Gasteiger partial charge on any atom is -0.467 e. The van der Waals surface area contributed by atoms with Crippen molar-refractivity contribution in [2.24, 2.45) is 5.73 Å². The van der Waals surface area contributed by atoms with Crippen molar-refractivity contribution in [1.82, 2.24) is 10.2 Å². The molecule has 1 aliphatic rings. The first-order chi connectivity index (χ1) is 9.50. The molecule has 0 atom stereocenters. The van der Waals surface area contributed by atoms with Crippen LogP contribution in [0.5, 0.6) is 0 Å². The Hall–Kier alpha value is -0.790. The Bertz CT molecular complexity index is 466. The van der Waals surface area contributed by atoms with E-state index in [1.807, 2.05) is 0 Å². The van der Waals surface area contributed by atoms with Gasteiger partial charge in [-0.15, -0.1) is 24.8 Å². The zero-order valence-electron chi connectivity index (χ0n) is 13.0. The molecule has 0 bridgehead atoms. The van der Waals surface area contributed by atoms with Crippen molar-refractivity contribution in [3.05, 3.63) is 23.7 Å². The lowest BCUT2D eigenvalue weighted by Crippen LogP contribution is -2.50. The van der Waals surface area contributed by atoms with Gasteiger partial charge in [0, 0.05) is 26.2 Å². The molecule has 128 valence electrons. The molecule has 22 heavy (non-hydrogen) atoms. The predicted octanol–water partition coefficient (Wildman–Crippen LogP) is 1.42. The minimum atomic E-state index is -0.124. The average Bonchev–Trinajstić information content (AvgIpc) is 2.86. The van der Waals surface area contributed by atoms with Crippen LogP contribution in [0.4, 0.5) is 0 Å². The second-order valence-corrected chi connectivity index (χ2v) is 5.65. The van der Waals surface area contributed by atoms with Gasteiger partial charge in [-0.25, -0.2) is 0 Å². The van der Waals surface area contributed by atoms with E-state index in [2.05, 4.69) is 24.1 Å². The van der Waals surface area contributed by atoms with Crippen molar-refractivity contribution in [3.63, 3.8) is 0 Å². The lowest BCUT2D eigenvalue weighted by molar-refractivity contribution is -0.0853. The summed E-state index contributed by atoms with van der Waals surface area (Å²) < 4.78 is 10.8. The van der Waals surface area contributed by atoms with Crippen molar-refractivity contribution in [3.8, 4) is 0 Å². The van der Waals surface area contributed by atoms with Gasteiger partial charge in [-0.05, 0) is 19.9 Å². The third kappa shape index (κ3) is 6.14. The summed E-state index contributed by atoms with van der Waals surface area (Å²) in [5.41, 5.74) is 5.86. The number of nitrogens with one attached hydrogen (secondary N) is 1. The number of halogens is 2. The first-order valence-corrected chi connectivity index (χ1v) is 6.92. The number of ether oxygens (including phenoxy) is 1. The number of nitrogens with zero attached hydrogens (tertiary/aromatic N) is 1. The third-order valence-corrected chi connectivity index (χ3v) is 3.34. The Morgan fingerprint density at radius 1 is 1.45 bits per heavy atom. The largest absolute Gasteiger partial charge is 0.467 e. The highest BCUT2D eigenvalue weighted by atomic mass is 35.5. The summed E-state index contributed by atoms with van der Waals surface area (Å²) in [5.74, 6) is 0.492. The monoisotopic (exact) mass is 353 g/mol. The Morgan fingerprint density at radius 3 is 2.77 bits per heavy atom. The Morgan fingerprint density at radius 2 is 2.18 bits per heavy atom. The SMILES string of the molecule is CC1(C)CN(CCNC(=O)c2coc(CN)c2)CCO1.Cl.Cl. The molecule has 8 heteroatoms. The Balaban J connectivity index is 0.00000220. The van der Waals surface area contributed by atoms with Crippen molar-refractivity contribution in [2.45, 2.75) is 26.0 Å². The van der Waals surface area contributed by atoms with Gasteiger partial charge in [0.05, 0.1) is 24.3 Å². The molecule has 0 aliphatic carbocycles. The molecular weight excluding hydrogens is 329 g/mol. The summed E-state index contributed by atoms with van der Waals surface area (Å²) in [6.07, 6.45) is 1.44. The Kier molecular flexibility index (Phi) is 9.04. The van der Waals surface area contributed by atoms with Crippen LogP contribution in [0.15, 0.2) is 16.7 Å². The van der Waals surface area contributed by atoms with Crippen LogP contribution in [-0.4, -0.2) is 49.2 Å². The smallest absolute Gasteiger partial charge is 0.254 e. The number of carbonyl (C=O) groups excluding carboxylic acids is 1. The molecule has 1 aromatic heterocycles. The fourth-order valence-corrected chi connectivity index (χ4v) is 2.34. The lowest BCUT2D eigenvalue weighted by atomic mass is 10.1. The number of hydrogen-bond acceptors (Lipinski definition) is 5. The lowest BCUT2D eigenvalue weighted by Gasteiger charge is -2.38. The van der Waals surface area contributed by atoms with Gasteiger partial charge in [0.25, 0.3) is 5.91 Å². The maximum atomic E-state index is 11.9. The molecular formula is C14H25Cl2N3O3. The van der Waals surface area contributed by atoms with E-state index in [1.165, 1.54) is 6.26 Å². The van der Waals surface area contributed by atoms with Gasteiger partial charge in [-0.3, -0.25) is 9.69 Å². The average molecular weight is 354 g/mol. The number of rotatable bonds is 5. The van der Waals surface area contributed by atoms with E-state index in [-0.39, 0.29) is 36.3 Å². The normalized spacial score (nSPS) is 17.2. The molecule has 0 radical (unpaired) electrons. The van der Waals surface area contributed by atoms with E-state index in [1.54, 1.807) is 6.07 Å². The van der Waals surface area contributed by atoms with Gasteiger partial charge in [0.1, 0.15) is 12.0 Å². The van der Waals surface area contributed by atoms with Gasteiger partial charge in [-0.2, -0.15) is 0 Å². The first kappa shape index (κ1) is 21.2. The van der Waals surface area contributed by atoms with Crippen molar-refractivity contribution >= 4 is 30.7 Å². The van der Waals surface area contributed by atoms with Crippen LogP contribution in [0.2, 0.25) is 0 Å². The standard InChI is InChI=1S/C14H23N3O3.2ClH/c1-14(2)10-17(5-6-20-14)4-3-16-13(18)11-7-12(8-15)19-9-11;;/h7,9H,3-6,8,10,15H2,1-2H3,(H,16,18);2*1H. The zero-order chi connectivity index (χ0) is 14.6. The van der Waals surface area contributed by atoms with E-state index in [0.717, 1.165) is 26.2 Å². The highest BCUT2D eigenvalue weighted by Gasteiger charge is 2.26. The molecule has 2 heterocycles. The molecule has 0 unspecified atom stereocenters. The zero-order valence-corrected chi connectivity index (χ0v) is 14.6. The van der Waals surface area contributed by atoms with Gasteiger partial charge < -0.3 is 20.2 Å². The molecule has 2 rings (SSSR count). The molecule has 1 saturated heterocycles. The number of hydrogen-bond donors (Lipinski definition) is 2. The van der Waals surface area contributed by atoms with E-state index in [0.29, 0.717) is 24.4 Å². The molecule has 0 spiro atoms. The molecule has 0 saturated carbocycles. The summed E-state index contributed by atoms with van der Waals surface area (Å²) in [5, 5.41) is 2.89. The molecule has 0 aromatic carbocycles. The first-order valence-electron chi connectivity index (χ1n) is 6.92. The number of carbonyl (C=O) groups is 1. The molecule has 3 N–H and O–H groups in total. The fourth-order valence-electron chi connectivity index (χ4n) is 2.34. The summed E-state index contributed by atoms with van der Waals surface area (Å²) in [6.45, 7) is 8.42. The number of nitrogens with two attached hydrogens (primary N) is 1. The highest BCUT2D eigenvalue weighted by Crippen LogP contribution is 2.15. The van der Waals surface area contributed by atoms with E-state index in [9.17, 15) is 4.79 Å². The maximum absolute atomic E-state index is 11.9. The highest BCUT2D eigenvalue weighted by molar-refractivity contribution is 5.93. The van der Waals surface area contributed by atoms with Crippen LogP contribution in [0, 0.1) is 0 Å². The van der Waals surface area contributed by atoms with Crippen LogP contribution >= 0.6 is 24.8 Å². The summed E-state index contributed by atoms with van der Waals surface area (Å²) >= 11 is 0. The topological polar surface area (TPSA) is 80.7 Å². The van der Waals surface area contributed by atoms with Crippen LogP contribution in [0.1, 0.15) is 30.0 Å². The van der Waals surface area contributed by atoms with Gasteiger partial charge in [-0.1, -0.05) is 0 Å². The molecule has 1 amide bonds. The summed E-state index contributed by atoms with van der Waals surface area (Å²) in [6, 6.07) is 1.67. The Labute approximate surface area is 143 Å². The molecule has 6 nitrogen and oxygen atoms in total. The number of morpholine rings is 1. The second-order valence-electron chi connectivity index (χ2n) is 5.65. The van der Waals surface area contributed by atoms with Gasteiger partial charge in [0.15, 0.2) is 0 Å². The molecule has 1 fully saturated rings. The van der Waals surface area contributed by atoms with Gasteiger partial charge >= 0.3 is 0 Å². The summed E-state index contributed by atoms with van der Waals surface area (Å²) in [7, 11) is 0. The fraction of sp³-hybridized carbons (Fsp3) is 0.643. The minimum absolute atomic E-state index is 0. The summed E-state index contributed by atoms with van der Waals surface area (Å²) in [4.78, 5) is 14.2. The third-order valence-electron chi connectivity index (χ3n) is 3.34. The molecule has 1 aromatic rings. The van der Waals surface area contributed by atoms with Crippen molar-refractivity contribution in [1.29, 1.82) is 0 Å². The van der Waals surface area contributed by atoms with Gasteiger partial charge in [0.2, 0.25) is 0 Å². The van der Waals surface area contributed by atoms with Crippen LogP contribution in [-0.2, 0) is 11.3 Å². The second kappa shape index (κ2) is 9.37. The van der Waals surface area contributed by atoms with E-state index >= 15 is 0 Å². The van der Waals surface area contributed by atoms with Crippen LogP contribution in [0.3, 0.4) is 0 Å². The number of amides is 1. The quantitative estimate of drug-likeness (QED) is 0.836. The number of furan rings is 1. The van der Waals surface area contributed by atoms with Crippen molar-refractivity contribution < 1.29 is 13.9 Å². The van der Waals surface area contributed by atoms with Crippen LogP contribution < -0.4 is 11.1 Å². The van der Waals surface area contributed by atoms with Crippen LogP contribution in [0.25, 0.3) is 0 Å². The molecule has 1 aliphatic heterocycles.